The highest BCUT2D eigenvalue weighted by molar-refractivity contribution is 7.48. The van der Waals surface area contributed by atoms with E-state index in [1.54, 1.807) is 0 Å². The molecule has 2 nitrogen and oxygen atoms in total. The number of ether oxygens (including phenoxy) is 1. The Kier molecular flexibility index (Phi) is 6.08. The minimum Gasteiger partial charge on any atom is -0.489 e. The molecule has 138 valence electrons. The number of carbonyl (C=O) groups is 1. The lowest BCUT2D eigenvalue weighted by atomic mass is 10.0. The Bertz CT molecular complexity index is 917. The Hall–Kier alpha value is -2.44. The van der Waals surface area contributed by atoms with Crippen molar-refractivity contribution in [2.45, 2.75) is 32.5 Å². The van der Waals surface area contributed by atoms with Crippen LogP contribution in [0.4, 0.5) is 0 Å². The van der Waals surface area contributed by atoms with E-state index >= 15 is 0 Å². The van der Waals surface area contributed by atoms with Gasteiger partial charge in [-0.1, -0.05) is 88.7 Å². The van der Waals surface area contributed by atoms with Gasteiger partial charge in [0.25, 0.3) is 0 Å². The number of aldehydes is 1. The summed E-state index contributed by atoms with van der Waals surface area (Å²) in [6.45, 7) is 6.98. The summed E-state index contributed by atoms with van der Waals surface area (Å²) in [4.78, 5) is 11.5. The van der Waals surface area contributed by atoms with E-state index in [9.17, 15) is 4.79 Å². The summed E-state index contributed by atoms with van der Waals surface area (Å²) in [6.07, 6.45) is 0.962. The molecule has 0 saturated carbocycles. The van der Waals surface area contributed by atoms with Gasteiger partial charge in [-0.25, -0.2) is 0 Å². The zero-order chi connectivity index (χ0) is 19.3. The maximum absolute atomic E-state index is 11.5. The first-order valence-electron chi connectivity index (χ1n) is 9.10. The van der Waals surface area contributed by atoms with Crippen molar-refractivity contribution in [2.24, 2.45) is 0 Å². The third-order valence-electron chi connectivity index (χ3n) is 4.58. The summed E-state index contributed by atoms with van der Waals surface area (Å²) in [5.41, 5.74) is 4.20. The van der Waals surface area contributed by atoms with E-state index < -0.39 is 0 Å². The molecule has 27 heavy (non-hydrogen) atoms. The lowest BCUT2D eigenvalue weighted by Gasteiger charge is -2.28. The second-order valence-corrected chi connectivity index (χ2v) is 9.27. The molecule has 0 saturated heterocycles. The van der Waals surface area contributed by atoms with Crippen LogP contribution in [0.15, 0.2) is 72.8 Å². The number of benzene rings is 3. The molecule has 0 spiro atoms. The smallest absolute Gasteiger partial charge is 0.150 e. The fourth-order valence-electron chi connectivity index (χ4n) is 3.14. The number of rotatable bonds is 7. The van der Waals surface area contributed by atoms with Crippen LogP contribution in [-0.2, 0) is 11.8 Å². The van der Waals surface area contributed by atoms with Crippen LogP contribution in [0.1, 0.15) is 40.9 Å². The molecular weight excluding hydrogens is 351 g/mol. The first-order valence-corrected chi connectivity index (χ1v) is 10.1. The minimum absolute atomic E-state index is 0.139. The van der Waals surface area contributed by atoms with Gasteiger partial charge in [0.05, 0.1) is 0 Å². The number of hydrogen-bond donors (Lipinski definition) is 0. The van der Waals surface area contributed by atoms with Crippen molar-refractivity contribution in [3.05, 3.63) is 95.1 Å². The summed E-state index contributed by atoms with van der Waals surface area (Å²) in [5, 5.41) is 0.957. The van der Waals surface area contributed by atoms with Crippen LogP contribution >= 0.6 is 8.58 Å². The molecule has 0 bridgehead atoms. The quantitative estimate of drug-likeness (QED) is 0.395. The molecule has 3 aromatic rings. The molecule has 0 aliphatic rings. The Morgan fingerprint density at radius 2 is 1.67 bits per heavy atom. The van der Waals surface area contributed by atoms with Crippen LogP contribution in [0.2, 0.25) is 0 Å². The van der Waals surface area contributed by atoms with Crippen molar-refractivity contribution in [3.63, 3.8) is 0 Å². The van der Waals surface area contributed by atoms with Crippen molar-refractivity contribution < 1.29 is 9.53 Å². The van der Waals surface area contributed by atoms with Crippen molar-refractivity contribution >= 4 is 20.2 Å². The maximum atomic E-state index is 11.5. The topological polar surface area (TPSA) is 26.3 Å². The molecule has 1 unspecified atom stereocenters. The second-order valence-electron chi connectivity index (χ2n) is 7.23. The first kappa shape index (κ1) is 19.3. The third kappa shape index (κ3) is 4.84. The van der Waals surface area contributed by atoms with Crippen molar-refractivity contribution in [1.82, 2.24) is 0 Å². The van der Waals surface area contributed by atoms with Gasteiger partial charge in [0.1, 0.15) is 12.4 Å². The largest absolute Gasteiger partial charge is 0.489 e. The summed E-state index contributed by atoms with van der Waals surface area (Å²) < 4.78 is 6.16. The van der Waals surface area contributed by atoms with E-state index in [-0.39, 0.29) is 5.16 Å². The standard InChI is InChI=1S/C24H25O2P/c1-18-13-14-23(20(15-18)16-25)27-24(2,3)21-11-7-8-12-22(21)26-17-19-9-5-4-6-10-19/h4-16,27H,17H2,1-3H3. The van der Waals surface area contributed by atoms with Gasteiger partial charge in [-0.3, -0.25) is 4.79 Å². The fourth-order valence-corrected chi connectivity index (χ4v) is 4.60. The van der Waals surface area contributed by atoms with Crippen LogP contribution in [-0.4, -0.2) is 6.29 Å². The van der Waals surface area contributed by atoms with Gasteiger partial charge in [0, 0.05) is 16.3 Å². The molecule has 3 aromatic carbocycles. The third-order valence-corrected chi connectivity index (χ3v) is 6.20. The SMILES string of the molecule is Cc1ccc(PC(C)(C)c2ccccc2OCc2ccccc2)c(C=O)c1. The Morgan fingerprint density at radius 1 is 0.963 bits per heavy atom. The molecule has 0 aliphatic heterocycles. The van der Waals surface area contributed by atoms with Gasteiger partial charge in [-0.05, 0) is 29.9 Å². The van der Waals surface area contributed by atoms with Crippen molar-refractivity contribution in [1.29, 1.82) is 0 Å². The predicted octanol–water partition coefficient (Wildman–Crippen LogP) is 5.63. The second kappa shape index (κ2) is 8.50. The predicted molar refractivity (Wildman–Crippen MR) is 115 cm³/mol. The lowest BCUT2D eigenvalue weighted by molar-refractivity contribution is 0.112. The van der Waals surface area contributed by atoms with Gasteiger partial charge >= 0.3 is 0 Å². The highest BCUT2D eigenvalue weighted by Crippen LogP contribution is 2.44. The molecule has 0 radical (unpaired) electrons. The molecule has 0 N–H and O–H groups in total. The summed E-state index contributed by atoms with van der Waals surface area (Å²) >= 11 is 0. The van der Waals surface area contributed by atoms with E-state index in [1.165, 1.54) is 0 Å². The average Bonchev–Trinajstić information content (AvgIpc) is 2.68. The van der Waals surface area contributed by atoms with E-state index in [2.05, 4.69) is 44.2 Å². The molecule has 1 atom stereocenters. The van der Waals surface area contributed by atoms with Gasteiger partial charge in [0.2, 0.25) is 0 Å². The minimum atomic E-state index is -0.139. The molecule has 0 aromatic heterocycles. The van der Waals surface area contributed by atoms with E-state index in [4.69, 9.17) is 4.74 Å². The van der Waals surface area contributed by atoms with E-state index in [1.807, 2.05) is 49.4 Å². The highest BCUT2D eigenvalue weighted by atomic mass is 31.1. The van der Waals surface area contributed by atoms with Gasteiger partial charge < -0.3 is 4.74 Å². The van der Waals surface area contributed by atoms with Gasteiger partial charge in [-0.2, -0.15) is 0 Å². The Balaban J connectivity index is 1.85. The van der Waals surface area contributed by atoms with Crippen LogP contribution in [0.5, 0.6) is 5.75 Å². The van der Waals surface area contributed by atoms with Crippen molar-refractivity contribution in [2.75, 3.05) is 0 Å². The number of hydrogen-bond acceptors (Lipinski definition) is 2. The lowest BCUT2D eigenvalue weighted by Crippen LogP contribution is -2.18. The van der Waals surface area contributed by atoms with Crippen LogP contribution in [0.25, 0.3) is 0 Å². The summed E-state index contributed by atoms with van der Waals surface area (Å²) in [5.74, 6) is 0.901. The highest BCUT2D eigenvalue weighted by Gasteiger charge is 2.26. The molecule has 3 heteroatoms. The van der Waals surface area contributed by atoms with Crippen molar-refractivity contribution in [3.8, 4) is 5.75 Å². The first-order chi connectivity index (χ1) is 13.0. The molecule has 0 fully saturated rings. The maximum Gasteiger partial charge on any atom is 0.150 e. The van der Waals surface area contributed by atoms with Gasteiger partial charge in [0.15, 0.2) is 6.29 Å². The van der Waals surface area contributed by atoms with E-state index in [0.717, 1.165) is 39.6 Å². The zero-order valence-electron chi connectivity index (χ0n) is 16.0. The van der Waals surface area contributed by atoms with Crippen LogP contribution < -0.4 is 10.0 Å². The van der Waals surface area contributed by atoms with Crippen LogP contribution in [0, 0.1) is 6.92 Å². The zero-order valence-corrected chi connectivity index (χ0v) is 17.0. The Morgan fingerprint density at radius 3 is 2.41 bits per heavy atom. The Labute approximate surface area is 163 Å². The average molecular weight is 376 g/mol. The number of aryl methyl sites for hydroxylation is 1. The number of para-hydroxylation sites is 1. The molecule has 0 aliphatic carbocycles. The number of carbonyl (C=O) groups excluding carboxylic acids is 1. The summed E-state index contributed by atoms with van der Waals surface area (Å²) in [7, 11) is 0.467. The van der Waals surface area contributed by atoms with Crippen LogP contribution in [0.3, 0.4) is 0 Å². The monoisotopic (exact) mass is 376 g/mol. The molecule has 0 amide bonds. The molecular formula is C24H25O2P. The summed E-state index contributed by atoms with van der Waals surface area (Å²) in [6, 6.07) is 24.5. The fraction of sp³-hybridized carbons (Fsp3) is 0.208. The molecule has 3 rings (SSSR count). The molecule has 0 heterocycles. The van der Waals surface area contributed by atoms with E-state index in [0.29, 0.717) is 15.2 Å². The van der Waals surface area contributed by atoms with Gasteiger partial charge in [-0.15, -0.1) is 0 Å². The normalized spacial score (nSPS) is 11.7.